The molecule has 0 fully saturated rings. The van der Waals surface area contributed by atoms with E-state index < -0.39 is 0 Å². The second kappa shape index (κ2) is 4.27. The summed E-state index contributed by atoms with van der Waals surface area (Å²) in [4.78, 5) is 0. The third-order valence-electron chi connectivity index (χ3n) is 4.14. The molecule has 1 N–H and O–H groups in total. The van der Waals surface area contributed by atoms with Gasteiger partial charge in [-0.15, -0.1) is 0 Å². The highest BCUT2D eigenvalue weighted by Crippen LogP contribution is 2.38. The van der Waals surface area contributed by atoms with Crippen molar-refractivity contribution in [2.75, 3.05) is 13.2 Å². The number of rotatable bonds is 2. The Kier molecular flexibility index (Phi) is 2.82. The normalized spacial score (nSPS) is 17.5. The van der Waals surface area contributed by atoms with E-state index in [9.17, 15) is 0 Å². The molecule has 0 spiro atoms. The predicted octanol–water partition coefficient (Wildman–Crippen LogP) is 2.96. The Morgan fingerprint density at radius 1 is 1.37 bits per heavy atom. The Labute approximate surface area is 114 Å². The van der Waals surface area contributed by atoms with Gasteiger partial charge in [0.05, 0.1) is 6.61 Å². The average Bonchev–Trinajstić information content (AvgIpc) is 2.64. The molecule has 1 aromatic carbocycles. The van der Waals surface area contributed by atoms with E-state index in [2.05, 4.69) is 49.0 Å². The summed E-state index contributed by atoms with van der Waals surface area (Å²) >= 11 is 0. The van der Waals surface area contributed by atoms with Crippen molar-refractivity contribution in [1.82, 2.24) is 9.88 Å². The van der Waals surface area contributed by atoms with E-state index in [-0.39, 0.29) is 5.41 Å². The van der Waals surface area contributed by atoms with Crippen LogP contribution in [0.5, 0.6) is 5.75 Å². The molecular formula is C16H22N2O. The van der Waals surface area contributed by atoms with Crippen LogP contribution in [0.4, 0.5) is 0 Å². The van der Waals surface area contributed by atoms with Crippen LogP contribution in [0, 0.1) is 0 Å². The van der Waals surface area contributed by atoms with Gasteiger partial charge in [0, 0.05) is 42.1 Å². The molecule has 0 radical (unpaired) electrons. The topological polar surface area (TPSA) is 26.2 Å². The fourth-order valence-electron chi connectivity index (χ4n) is 3.28. The summed E-state index contributed by atoms with van der Waals surface area (Å²) in [5.74, 6) is 0.970. The van der Waals surface area contributed by atoms with Gasteiger partial charge in [0.25, 0.3) is 0 Å². The molecule has 0 saturated carbocycles. The molecule has 0 aliphatic carbocycles. The third-order valence-corrected chi connectivity index (χ3v) is 4.14. The third kappa shape index (κ3) is 1.84. The molecule has 3 heteroatoms. The monoisotopic (exact) mass is 258 g/mol. The minimum atomic E-state index is 0.165. The zero-order valence-electron chi connectivity index (χ0n) is 12.2. The number of hydrogen-bond donors (Lipinski definition) is 1. The predicted molar refractivity (Wildman–Crippen MR) is 78.8 cm³/mol. The fraction of sp³-hybridized carbons (Fsp3) is 0.500. The van der Waals surface area contributed by atoms with Crippen LogP contribution in [0.1, 0.15) is 32.0 Å². The molecule has 1 aliphatic rings. The van der Waals surface area contributed by atoms with Gasteiger partial charge in [-0.3, -0.25) is 0 Å². The number of aryl methyl sites for hydroxylation is 1. The van der Waals surface area contributed by atoms with Crippen LogP contribution in [0.3, 0.4) is 0 Å². The number of aromatic nitrogens is 1. The number of nitrogens with zero attached hydrogens (tertiary/aromatic N) is 1. The lowest BCUT2D eigenvalue weighted by Gasteiger charge is -2.31. The van der Waals surface area contributed by atoms with Crippen molar-refractivity contribution >= 4 is 10.9 Å². The van der Waals surface area contributed by atoms with E-state index in [1.807, 2.05) is 6.92 Å². The van der Waals surface area contributed by atoms with Gasteiger partial charge in [0.2, 0.25) is 0 Å². The van der Waals surface area contributed by atoms with E-state index in [4.69, 9.17) is 4.74 Å². The molecule has 3 nitrogen and oxygen atoms in total. The molecule has 102 valence electrons. The lowest BCUT2D eigenvalue weighted by molar-refractivity contribution is 0.340. The lowest BCUT2D eigenvalue weighted by atomic mass is 9.80. The van der Waals surface area contributed by atoms with E-state index >= 15 is 0 Å². The maximum Gasteiger partial charge on any atom is 0.120 e. The Morgan fingerprint density at radius 2 is 2.16 bits per heavy atom. The molecule has 2 heterocycles. The van der Waals surface area contributed by atoms with Gasteiger partial charge in [0.15, 0.2) is 0 Å². The van der Waals surface area contributed by atoms with Crippen LogP contribution in [0.2, 0.25) is 0 Å². The first-order chi connectivity index (χ1) is 9.04. The summed E-state index contributed by atoms with van der Waals surface area (Å²) in [6, 6.07) is 6.44. The van der Waals surface area contributed by atoms with Crippen molar-refractivity contribution in [3.05, 3.63) is 29.5 Å². The lowest BCUT2D eigenvalue weighted by Crippen LogP contribution is -2.38. The average molecular weight is 258 g/mol. The Balaban J connectivity index is 2.29. The molecule has 1 aromatic heterocycles. The van der Waals surface area contributed by atoms with Crippen LogP contribution in [-0.2, 0) is 19.0 Å². The highest BCUT2D eigenvalue weighted by molar-refractivity contribution is 5.88. The van der Waals surface area contributed by atoms with Crippen LogP contribution in [0.25, 0.3) is 10.9 Å². The van der Waals surface area contributed by atoms with E-state index in [1.165, 1.54) is 22.2 Å². The minimum absolute atomic E-state index is 0.165. The van der Waals surface area contributed by atoms with Crippen LogP contribution in [-0.4, -0.2) is 17.7 Å². The number of fused-ring (bicyclic) bond motifs is 3. The van der Waals surface area contributed by atoms with Gasteiger partial charge in [-0.2, -0.15) is 0 Å². The summed E-state index contributed by atoms with van der Waals surface area (Å²) in [6.07, 6.45) is 0. The SMILES string of the molecule is CCOc1ccc2c(c1)c1c(n2C)CNCC1(C)C. The Bertz CT molecular complexity index is 625. The summed E-state index contributed by atoms with van der Waals surface area (Å²) in [6.45, 7) is 9.34. The number of nitrogens with one attached hydrogen (secondary N) is 1. The summed E-state index contributed by atoms with van der Waals surface area (Å²) in [7, 11) is 2.16. The van der Waals surface area contributed by atoms with Gasteiger partial charge in [-0.1, -0.05) is 13.8 Å². The summed E-state index contributed by atoms with van der Waals surface area (Å²) in [5, 5.41) is 4.86. The second-order valence-electron chi connectivity index (χ2n) is 5.98. The van der Waals surface area contributed by atoms with E-state index in [0.29, 0.717) is 6.61 Å². The minimum Gasteiger partial charge on any atom is -0.494 e. The molecule has 0 unspecified atom stereocenters. The van der Waals surface area contributed by atoms with Gasteiger partial charge < -0.3 is 14.6 Å². The van der Waals surface area contributed by atoms with Crippen molar-refractivity contribution in [1.29, 1.82) is 0 Å². The highest BCUT2D eigenvalue weighted by atomic mass is 16.5. The molecular weight excluding hydrogens is 236 g/mol. The van der Waals surface area contributed by atoms with E-state index in [1.54, 1.807) is 0 Å². The van der Waals surface area contributed by atoms with Gasteiger partial charge in [-0.05, 0) is 30.7 Å². The zero-order chi connectivity index (χ0) is 13.6. The largest absolute Gasteiger partial charge is 0.494 e. The van der Waals surface area contributed by atoms with Gasteiger partial charge >= 0.3 is 0 Å². The van der Waals surface area contributed by atoms with E-state index in [0.717, 1.165) is 18.8 Å². The molecule has 0 saturated heterocycles. The first-order valence-corrected chi connectivity index (χ1v) is 7.00. The molecule has 1 aliphatic heterocycles. The molecule has 3 rings (SSSR count). The molecule has 0 amide bonds. The molecule has 19 heavy (non-hydrogen) atoms. The Morgan fingerprint density at radius 3 is 2.89 bits per heavy atom. The highest BCUT2D eigenvalue weighted by Gasteiger charge is 2.32. The van der Waals surface area contributed by atoms with Crippen molar-refractivity contribution in [3.8, 4) is 5.75 Å². The number of hydrogen-bond acceptors (Lipinski definition) is 2. The summed E-state index contributed by atoms with van der Waals surface area (Å²) in [5.41, 5.74) is 4.34. The molecule has 2 aromatic rings. The van der Waals surface area contributed by atoms with Gasteiger partial charge in [0.1, 0.15) is 5.75 Å². The molecule has 0 bridgehead atoms. The number of ether oxygens (including phenoxy) is 1. The fourth-order valence-corrected chi connectivity index (χ4v) is 3.28. The molecule has 0 atom stereocenters. The van der Waals surface area contributed by atoms with Crippen LogP contribution >= 0.6 is 0 Å². The summed E-state index contributed by atoms with van der Waals surface area (Å²) < 4.78 is 7.97. The first-order valence-electron chi connectivity index (χ1n) is 7.00. The maximum atomic E-state index is 5.66. The van der Waals surface area contributed by atoms with Gasteiger partial charge in [-0.25, -0.2) is 0 Å². The second-order valence-corrected chi connectivity index (χ2v) is 5.98. The Hall–Kier alpha value is -1.48. The van der Waals surface area contributed by atoms with Crippen molar-refractivity contribution < 1.29 is 4.74 Å². The zero-order valence-corrected chi connectivity index (χ0v) is 12.2. The van der Waals surface area contributed by atoms with Crippen molar-refractivity contribution in [2.45, 2.75) is 32.7 Å². The first kappa shape index (κ1) is 12.5. The smallest absolute Gasteiger partial charge is 0.120 e. The van der Waals surface area contributed by atoms with Crippen LogP contribution < -0.4 is 10.1 Å². The van der Waals surface area contributed by atoms with Crippen molar-refractivity contribution in [3.63, 3.8) is 0 Å². The van der Waals surface area contributed by atoms with Crippen LogP contribution in [0.15, 0.2) is 18.2 Å². The quantitative estimate of drug-likeness (QED) is 0.896. The number of benzene rings is 1. The van der Waals surface area contributed by atoms with Crippen molar-refractivity contribution in [2.24, 2.45) is 7.05 Å². The maximum absolute atomic E-state index is 5.66. The standard InChI is InChI=1S/C16H22N2O/c1-5-19-11-6-7-13-12(8-11)15-14(18(13)4)9-17-10-16(15,2)3/h6-8,17H,5,9-10H2,1-4H3.